The third kappa shape index (κ3) is 3.28. The first kappa shape index (κ1) is 16.6. The van der Waals surface area contributed by atoms with Crippen molar-refractivity contribution in [3.05, 3.63) is 71.5 Å². The van der Waals surface area contributed by atoms with Crippen molar-refractivity contribution in [3.63, 3.8) is 0 Å². The Balaban J connectivity index is 1.55. The zero-order chi connectivity index (χ0) is 17.9. The highest BCUT2D eigenvalue weighted by Crippen LogP contribution is 2.32. The van der Waals surface area contributed by atoms with E-state index in [9.17, 15) is 0 Å². The number of methoxy groups -OCH3 is 1. The second-order valence-corrected chi connectivity index (χ2v) is 6.39. The third-order valence-corrected chi connectivity index (χ3v) is 4.68. The van der Waals surface area contributed by atoms with Crippen LogP contribution >= 0.6 is 0 Å². The highest BCUT2D eigenvalue weighted by atomic mass is 16.5. The van der Waals surface area contributed by atoms with E-state index in [1.807, 2.05) is 41.2 Å². The standard InChI is InChI=1S/C20H22N4O2/c1-15-6-3-4-7-16(15)13-23-14-19(21-22-23)20-24(10-11-26-20)17-8-5-9-18(12-17)25-2/h3-9,12,14,20H,10-11,13H2,1-2H3. The first-order valence-electron chi connectivity index (χ1n) is 8.71. The first-order valence-corrected chi connectivity index (χ1v) is 8.71. The van der Waals surface area contributed by atoms with Crippen LogP contribution in [0.15, 0.2) is 54.7 Å². The summed E-state index contributed by atoms with van der Waals surface area (Å²) in [6.45, 7) is 4.28. The number of ether oxygens (including phenoxy) is 2. The highest BCUT2D eigenvalue weighted by molar-refractivity contribution is 5.52. The van der Waals surface area contributed by atoms with Gasteiger partial charge in [0, 0.05) is 18.3 Å². The fourth-order valence-corrected chi connectivity index (χ4v) is 3.23. The lowest BCUT2D eigenvalue weighted by Crippen LogP contribution is -2.23. The average Bonchev–Trinajstić information content (AvgIpc) is 3.33. The number of nitrogens with zero attached hydrogens (tertiary/aromatic N) is 4. The van der Waals surface area contributed by atoms with Crippen LogP contribution in [0.4, 0.5) is 5.69 Å². The largest absolute Gasteiger partial charge is 0.497 e. The molecule has 0 saturated carbocycles. The summed E-state index contributed by atoms with van der Waals surface area (Å²) in [5.41, 5.74) is 4.36. The Bertz CT molecular complexity index is 893. The van der Waals surface area contributed by atoms with Gasteiger partial charge in [-0.1, -0.05) is 35.5 Å². The van der Waals surface area contributed by atoms with Gasteiger partial charge in [-0.2, -0.15) is 0 Å². The molecule has 0 bridgehead atoms. The summed E-state index contributed by atoms with van der Waals surface area (Å²) < 4.78 is 13.1. The van der Waals surface area contributed by atoms with Crippen molar-refractivity contribution in [2.45, 2.75) is 19.7 Å². The van der Waals surface area contributed by atoms with Crippen molar-refractivity contribution in [2.75, 3.05) is 25.2 Å². The molecule has 6 heteroatoms. The number of hydrogen-bond donors (Lipinski definition) is 0. The van der Waals surface area contributed by atoms with Crippen molar-refractivity contribution in [2.24, 2.45) is 0 Å². The molecular formula is C20H22N4O2. The SMILES string of the molecule is COc1cccc(N2CCOC2c2cn(Cc3ccccc3C)nn2)c1. The maximum Gasteiger partial charge on any atom is 0.177 e. The van der Waals surface area contributed by atoms with Gasteiger partial charge >= 0.3 is 0 Å². The Hall–Kier alpha value is -2.86. The van der Waals surface area contributed by atoms with E-state index in [2.05, 4.69) is 40.3 Å². The van der Waals surface area contributed by atoms with E-state index in [0.29, 0.717) is 13.2 Å². The van der Waals surface area contributed by atoms with E-state index in [1.165, 1.54) is 11.1 Å². The van der Waals surface area contributed by atoms with Crippen molar-refractivity contribution in [1.29, 1.82) is 0 Å². The van der Waals surface area contributed by atoms with Gasteiger partial charge in [0.2, 0.25) is 0 Å². The van der Waals surface area contributed by atoms with Crippen molar-refractivity contribution in [3.8, 4) is 5.75 Å². The summed E-state index contributed by atoms with van der Waals surface area (Å²) in [6.07, 6.45) is 1.74. The van der Waals surface area contributed by atoms with Crippen LogP contribution in [-0.2, 0) is 11.3 Å². The molecule has 1 fully saturated rings. The normalized spacial score (nSPS) is 16.8. The van der Waals surface area contributed by atoms with Crippen LogP contribution in [0.2, 0.25) is 0 Å². The maximum absolute atomic E-state index is 5.94. The molecule has 0 radical (unpaired) electrons. The summed E-state index contributed by atoms with van der Waals surface area (Å²) in [4.78, 5) is 2.19. The van der Waals surface area contributed by atoms with Crippen LogP contribution in [0, 0.1) is 6.92 Å². The Morgan fingerprint density at radius 2 is 2.08 bits per heavy atom. The lowest BCUT2D eigenvalue weighted by atomic mass is 10.1. The van der Waals surface area contributed by atoms with Crippen LogP contribution in [-0.4, -0.2) is 35.3 Å². The van der Waals surface area contributed by atoms with E-state index < -0.39 is 0 Å². The Labute approximate surface area is 153 Å². The molecule has 3 aromatic rings. The van der Waals surface area contributed by atoms with E-state index in [1.54, 1.807) is 7.11 Å². The topological polar surface area (TPSA) is 52.4 Å². The van der Waals surface area contributed by atoms with Gasteiger partial charge in [-0.15, -0.1) is 5.10 Å². The van der Waals surface area contributed by atoms with Gasteiger partial charge in [0.15, 0.2) is 6.23 Å². The number of hydrogen-bond acceptors (Lipinski definition) is 5. The molecule has 1 aromatic heterocycles. The van der Waals surface area contributed by atoms with E-state index in [0.717, 1.165) is 23.7 Å². The molecule has 1 saturated heterocycles. The second kappa shape index (κ2) is 7.17. The second-order valence-electron chi connectivity index (χ2n) is 6.39. The van der Waals surface area contributed by atoms with Crippen LogP contribution in [0.5, 0.6) is 5.75 Å². The smallest absolute Gasteiger partial charge is 0.177 e. The fraction of sp³-hybridized carbons (Fsp3) is 0.300. The van der Waals surface area contributed by atoms with E-state index in [-0.39, 0.29) is 6.23 Å². The average molecular weight is 350 g/mol. The van der Waals surface area contributed by atoms with Gasteiger partial charge in [-0.3, -0.25) is 0 Å². The molecule has 0 spiro atoms. The molecule has 1 unspecified atom stereocenters. The highest BCUT2D eigenvalue weighted by Gasteiger charge is 2.29. The van der Waals surface area contributed by atoms with E-state index >= 15 is 0 Å². The number of aromatic nitrogens is 3. The molecule has 0 aliphatic carbocycles. The molecule has 2 heterocycles. The Morgan fingerprint density at radius 3 is 2.92 bits per heavy atom. The van der Waals surface area contributed by atoms with Gasteiger partial charge in [0.25, 0.3) is 0 Å². The van der Waals surface area contributed by atoms with Gasteiger partial charge in [0.1, 0.15) is 11.4 Å². The van der Waals surface area contributed by atoms with Crippen LogP contribution < -0.4 is 9.64 Å². The molecule has 1 atom stereocenters. The molecule has 4 rings (SSSR count). The zero-order valence-electron chi connectivity index (χ0n) is 15.0. The minimum atomic E-state index is -0.229. The quantitative estimate of drug-likeness (QED) is 0.707. The van der Waals surface area contributed by atoms with Gasteiger partial charge < -0.3 is 14.4 Å². The molecule has 1 aliphatic rings. The molecule has 0 amide bonds. The van der Waals surface area contributed by atoms with Gasteiger partial charge in [-0.05, 0) is 30.2 Å². The van der Waals surface area contributed by atoms with Crippen molar-refractivity contribution < 1.29 is 9.47 Å². The summed E-state index contributed by atoms with van der Waals surface area (Å²) in [7, 11) is 1.67. The summed E-state index contributed by atoms with van der Waals surface area (Å²) in [5.74, 6) is 0.830. The number of rotatable bonds is 5. The molecule has 2 aromatic carbocycles. The Kier molecular flexibility index (Phi) is 4.58. The molecule has 6 nitrogen and oxygen atoms in total. The third-order valence-electron chi connectivity index (χ3n) is 4.68. The number of benzene rings is 2. The number of aryl methyl sites for hydroxylation is 1. The van der Waals surface area contributed by atoms with Crippen LogP contribution in [0.1, 0.15) is 23.0 Å². The van der Waals surface area contributed by atoms with Gasteiger partial charge in [-0.25, -0.2) is 4.68 Å². The minimum Gasteiger partial charge on any atom is -0.497 e. The molecular weight excluding hydrogens is 328 g/mol. The van der Waals surface area contributed by atoms with Crippen LogP contribution in [0.3, 0.4) is 0 Å². The molecule has 26 heavy (non-hydrogen) atoms. The lowest BCUT2D eigenvalue weighted by Gasteiger charge is -2.23. The molecule has 0 N–H and O–H groups in total. The zero-order valence-corrected chi connectivity index (χ0v) is 15.0. The predicted molar refractivity (Wildman–Crippen MR) is 99.3 cm³/mol. The van der Waals surface area contributed by atoms with E-state index in [4.69, 9.17) is 9.47 Å². The maximum atomic E-state index is 5.94. The minimum absolute atomic E-state index is 0.229. The predicted octanol–water partition coefficient (Wildman–Crippen LogP) is 3.18. The first-order chi connectivity index (χ1) is 12.7. The van der Waals surface area contributed by atoms with Crippen molar-refractivity contribution in [1.82, 2.24) is 15.0 Å². The fourth-order valence-electron chi connectivity index (χ4n) is 3.23. The Morgan fingerprint density at radius 1 is 1.19 bits per heavy atom. The summed E-state index contributed by atoms with van der Waals surface area (Å²) in [6, 6.07) is 16.3. The number of anilines is 1. The van der Waals surface area contributed by atoms with Gasteiger partial charge in [0.05, 0.1) is 26.5 Å². The summed E-state index contributed by atoms with van der Waals surface area (Å²) >= 11 is 0. The van der Waals surface area contributed by atoms with Crippen LogP contribution in [0.25, 0.3) is 0 Å². The molecule has 1 aliphatic heterocycles. The summed E-state index contributed by atoms with van der Waals surface area (Å²) in [5, 5.41) is 8.65. The lowest BCUT2D eigenvalue weighted by molar-refractivity contribution is 0.110. The molecule has 134 valence electrons. The monoisotopic (exact) mass is 350 g/mol. The van der Waals surface area contributed by atoms with Crippen molar-refractivity contribution >= 4 is 5.69 Å².